The zero-order valence-corrected chi connectivity index (χ0v) is 4.90. The third kappa shape index (κ3) is 1.21. The van der Waals surface area contributed by atoms with E-state index in [2.05, 4.69) is 15.0 Å². The first-order valence-electron chi connectivity index (χ1n) is 2.50. The molecular weight excluding hydrogens is 135 g/mol. The first-order chi connectivity index (χ1) is 4.84. The van der Waals surface area contributed by atoms with Crippen molar-refractivity contribution in [2.75, 3.05) is 0 Å². The number of aromatic nitrogens is 1. The molecule has 0 bridgehead atoms. The van der Waals surface area contributed by atoms with Crippen molar-refractivity contribution in [3.8, 4) is 0 Å². The summed E-state index contributed by atoms with van der Waals surface area (Å²) in [5.41, 5.74) is 7.90. The minimum atomic E-state index is -0.611. The lowest BCUT2D eigenvalue weighted by atomic mass is 10.4. The summed E-state index contributed by atoms with van der Waals surface area (Å²) >= 11 is 0. The molecule has 1 aromatic rings. The van der Waals surface area contributed by atoms with Crippen LogP contribution >= 0.6 is 0 Å². The maximum absolute atomic E-state index is 12.4. The topological polar surface area (TPSA) is 61.7 Å². The Labute approximate surface area is 56.0 Å². The molecule has 5 heteroatoms. The van der Waals surface area contributed by atoms with Crippen LogP contribution in [0.5, 0.6) is 0 Å². The molecule has 0 atom stereocenters. The third-order valence-electron chi connectivity index (χ3n) is 0.878. The van der Waals surface area contributed by atoms with Gasteiger partial charge in [0.1, 0.15) is 0 Å². The Bertz CT molecular complexity index is 279. The fourth-order valence-corrected chi connectivity index (χ4v) is 0.493. The second kappa shape index (κ2) is 2.80. The fraction of sp³-hybridized carbons (Fsp3) is 0. The first kappa shape index (κ1) is 6.51. The predicted molar refractivity (Wildman–Crippen MR) is 33.0 cm³/mol. The molecule has 0 radical (unpaired) electrons. The number of hydrogen-bond donors (Lipinski definition) is 0. The number of pyridine rings is 1. The SMILES string of the molecule is [N-]=[N+]=Nc1ncccc1F. The van der Waals surface area contributed by atoms with Crippen molar-refractivity contribution in [2.24, 2.45) is 5.11 Å². The number of halogens is 1. The van der Waals surface area contributed by atoms with Crippen LogP contribution in [0.4, 0.5) is 10.2 Å². The van der Waals surface area contributed by atoms with Crippen molar-refractivity contribution < 1.29 is 4.39 Å². The minimum Gasteiger partial charge on any atom is -0.252 e. The average molecular weight is 138 g/mol. The molecule has 0 aliphatic rings. The summed E-state index contributed by atoms with van der Waals surface area (Å²) in [7, 11) is 0. The molecule has 0 saturated heterocycles. The van der Waals surface area contributed by atoms with Gasteiger partial charge in [-0.2, -0.15) is 0 Å². The summed E-state index contributed by atoms with van der Waals surface area (Å²) in [6.07, 6.45) is 1.35. The maximum Gasteiger partial charge on any atom is 0.162 e. The molecule has 1 aromatic heterocycles. The Morgan fingerprint density at radius 2 is 2.50 bits per heavy atom. The lowest BCUT2D eigenvalue weighted by Crippen LogP contribution is -1.76. The van der Waals surface area contributed by atoms with Crippen molar-refractivity contribution in [1.82, 2.24) is 4.98 Å². The van der Waals surface area contributed by atoms with Crippen LogP contribution in [-0.2, 0) is 0 Å². The largest absolute Gasteiger partial charge is 0.252 e. The number of azide groups is 1. The molecule has 0 unspecified atom stereocenters. The second-order valence-corrected chi connectivity index (χ2v) is 1.50. The molecule has 50 valence electrons. The van der Waals surface area contributed by atoms with Crippen LogP contribution in [0, 0.1) is 5.82 Å². The highest BCUT2D eigenvalue weighted by atomic mass is 19.1. The van der Waals surface area contributed by atoms with E-state index in [-0.39, 0.29) is 5.82 Å². The van der Waals surface area contributed by atoms with E-state index in [9.17, 15) is 4.39 Å². The molecule has 0 saturated carbocycles. The molecule has 0 aliphatic heterocycles. The van der Waals surface area contributed by atoms with E-state index in [1.54, 1.807) is 0 Å². The van der Waals surface area contributed by atoms with Crippen LogP contribution in [-0.4, -0.2) is 4.98 Å². The molecule has 0 fully saturated rings. The highest BCUT2D eigenvalue weighted by Crippen LogP contribution is 2.11. The second-order valence-electron chi connectivity index (χ2n) is 1.50. The van der Waals surface area contributed by atoms with Crippen LogP contribution in [0.25, 0.3) is 10.4 Å². The van der Waals surface area contributed by atoms with Gasteiger partial charge in [0.25, 0.3) is 0 Å². The van der Waals surface area contributed by atoms with Gasteiger partial charge < -0.3 is 0 Å². The third-order valence-corrected chi connectivity index (χ3v) is 0.878. The highest BCUT2D eigenvalue weighted by Gasteiger charge is 1.95. The maximum atomic E-state index is 12.4. The molecule has 0 aliphatic carbocycles. The number of nitrogens with zero attached hydrogens (tertiary/aromatic N) is 4. The van der Waals surface area contributed by atoms with Gasteiger partial charge in [0, 0.05) is 11.1 Å². The Morgan fingerprint density at radius 1 is 1.70 bits per heavy atom. The van der Waals surface area contributed by atoms with Gasteiger partial charge in [-0.3, -0.25) is 4.98 Å². The number of rotatable bonds is 1. The lowest BCUT2D eigenvalue weighted by molar-refractivity contribution is 0.623. The van der Waals surface area contributed by atoms with Gasteiger partial charge in [0.2, 0.25) is 0 Å². The fourth-order valence-electron chi connectivity index (χ4n) is 0.493. The quantitative estimate of drug-likeness (QED) is 0.333. The van der Waals surface area contributed by atoms with Crippen LogP contribution in [0.15, 0.2) is 23.4 Å². The van der Waals surface area contributed by atoms with E-state index in [0.717, 1.165) is 0 Å². The van der Waals surface area contributed by atoms with E-state index in [1.165, 1.54) is 18.3 Å². The van der Waals surface area contributed by atoms with E-state index in [0.29, 0.717) is 0 Å². The van der Waals surface area contributed by atoms with Crippen molar-refractivity contribution in [3.63, 3.8) is 0 Å². The highest BCUT2D eigenvalue weighted by molar-refractivity contribution is 5.27. The molecule has 10 heavy (non-hydrogen) atoms. The summed E-state index contributed by atoms with van der Waals surface area (Å²) in [6.45, 7) is 0. The smallest absolute Gasteiger partial charge is 0.162 e. The van der Waals surface area contributed by atoms with Crippen LogP contribution in [0.1, 0.15) is 0 Å². The molecule has 1 rings (SSSR count). The summed E-state index contributed by atoms with van der Waals surface area (Å²) in [6, 6.07) is 2.60. The molecule has 4 nitrogen and oxygen atoms in total. The molecule has 1 heterocycles. The molecular formula is C5H3FN4. The average Bonchev–Trinajstić information content (AvgIpc) is 1.94. The monoisotopic (exact) mass is 138 g/mol. The van der Waals surface area contributed by atoms with Crippen LogP contribution in [0.3, 0.4) is 0 Å². The van der Waals surface area contributed by atoms with E-state index < -0.39 is 5.82 Å². The van der Waals surface area contributed by atoms with Gasteiger partial charge in [-0.15, -0.1) is 0 Å². The van der Waals surface area contributed by atoms with Crippen LogP contribution < -0.4 is 0 Å². The summed E-state index contributed by atoms with van der Waals surface area (Å²) < 4.78 is 12.4. The summed E-state index contributed by atoms with van der Waals surface area (Å²) in [5, 5.41) is 3.00. The first-order valence-corrected chi connectivity index (χ1v) is 2.50. The van der Waals surface area contributed by atoms with Crippen molar-refractivity contribution in [2.45, 2.75) is 0 Å². The molecule has 0 amide bonds. The molecule has 0 N–H and O–H groups in total. The van der Waals surface area contributed by atoms with Gasteiger partial charge in [-0.25, -0.2) is 4.39 Å². The van der Waals surface area contributed by atoms with Crippen molar-refractivity contribution in [1.29, 1.82) is 0 Å². The Balaban J connectivity index is 3.14. The van der Waals surface area contributed by atoms with Gasteiger partial charge in [0.15, 0.2) is 11.6 Å². The van der Waals surface area contributed by atoms with E-state index in [1.807, 2.05) is 0 Å². The zero-order valence-electron chi connectivity index (χ0n) is 4.90. The Hall–Kier alpha value is -1.61. The van der Waals surface area contributed by atoms with Gasteiger partial charge in [0.05, 0.1) is 0 Å². The zero-order chi connectivity index (χ0) is 7.40. The summed E-state index contributed by atoms with van der Waals surface area (Å²) in [4.78, 5) is 5.86. The predicted octanol–water partition coefficient (Wildman–Crippen LogP) is 2.16. The van der Waals surface area contributed by atoms with Crippen molar-refractivity contribution in [3.05, 3.63) is 34.6 Å². The Kier molecular flexibility index (Phi) is 1.82. The van der Waals surface area contributed by atoms with Crippen molar-refractivity contribution >= 4 is 5.82 Å². The van der Waals surface area contributed by atoms with Gasteiger partial charge in [-0.1, -0.05) is 0 Å². The van der Waals surface area contributed by atoms with E-state index in [4.69, 9.17) is 5.53 Å². The number of hydrogen-bond acceptors (Lipinski definition) is 2. The standard InChI is InChI=1S/C5H3FN4/c6-4-2-1-3-8-5(4)9-10-7/h1-3H. The lowest BCUT2D eigenvalue weighted by Gasteiger charge is -1.88. The van der Waals surface area contributed by atoms with E-state index >= 15 is 0 Å². The van der Waals surface area contributed by atoms with Gasteiger partial charge in [-0.05, 0) is 22.8 Å². The summed E-state index contributed by atoms with van der Waals surface area (Å²) in [5.74, 6) is -0.828. The normalized spacial score (nSPS) is 8.50. The molecule has 0 aromatic carbocycles. The Morgan fingerprint density at radius 3 is 3.10 bits per heavy atom. The van der Waals surface area contributed by atoms with Gasteiger partial charge >= 0.3 is 0 Å². The minimum absolute atomic E-state index is 0.218. The molecule has 0 spiro atoms. The van der Waals surface area contributed by atoms with Crippen LogP contribution in [0.2, 0.25) is 0 Å².